The molecular weight excluding hydrogens is 370 g/mol. The molecule has 0 amide bonds. The molecule has 2 N–H and O–H groups in total. The molecule has 0 saturated heterocycles. The lowest BCUT2D eigenvalue weighted by molar-refractivity contribution is 0.432. The fraction of sp³-hybridized carbons (Fsp3) is 0.407. The molecule has 0 saturated carbocycles. The van der Waals surface area contributed by atoms with E-state index in [9.17, 15) is 0 Å². The molecule has 0 aromatic heterocycles. The van der Waals surface area contributed by atoms with E-state index in [1.54, 1.807) is 11.8 Å². The van der Waals surface area contributed by atoms with Gasteiger partial charge in [-0.15, -0.1) is 11.8 Å². The first-order valence-electron chi connectivity index (χ1n) is 10.4. The molecular formula is C27H37NS. The Balaban J connectivity index is 0.000000212. The second kappa shape index (κ2) is 9.71. The van der Waals surface area contributed by atoms with Crippen LogP contribution in [0.25, 0.3) is 4.91 Å². The number of benzene rings is 2. The topological polar surface area (TPSA) is 26.0 Å². The van der Waals surface area contributed by atoms with Crippen LogP contribution >= 0.6 is 11.8 Å². The number of anilines is 1. The monoisotopic (exact) mass is 407 g/mol. The zero-order chi connectivity index (χ0) is 21.8. The SMILES string of the molecule is C=C(C)Cc1cc(C)c(N)cc1C.C=C(SC)c1ccc2c(c1)C(C)(C)CCC2. The van der Waals surface area contributed by atoms with Crippen molar-refractivity contribution in [2.45, 2.75) is 65.7 Å². The van der Waals surface area contributed by atoms with Crippen LogP contribution in [0.1, 0.15) is 67.0 Å². The first-order valence-corrected chi connectivity index (χ1v) is 11.6. The van der Waals surface area contributed by atoms with Gasteiger partial charge in [0.05, 0.1) is 0 Å². The van der Waals surface area contributed by atoms with Crippen LogP contribution in [-0.2, 0) is 18.3 Å². The number of nitrogen functional groups attached to an aromatic ring is 1. The highest BCUT2D eigenvalue weighted by molar-refractivity contribution is 8.07. The summed E-state index contributed by atoms with van der Waals surface area (Å²) >= 11 is 1.73. The molecule has 2 heteroatoms. The molecule has 0 unspecified atom stereocenters. The van der Waals surface area contributed by atoms with E-state index >= 15 is 0 Å². The highest BCUT2D eigenvalue weighted by atomic mass is 32.2. The van der Waals surface area contributed by atoms with Crippen molar-refractivity contribution < 1.29 is 0 Å². The molecule has 2 aromatic rings. The van der Waals surface area contributed by atoms with E-state index in [4.69, 9.17) is 5.73 Å². The minimum Gasteiger partial charge on any atom is -0.399 e. The molecule has 29 heavy (non-hydrogen) atoms. The number of nitrogens with two attached hydrogens (primary N) is 1. The van der Waals surface area contributed by atoms with Gasteiger partial charge in [0.1, 0.15) is 0 Å². The molecule has 1 aliphatic rings. The maximum atomic E-state index is 5.80. The van der Waals surface area contributed by atoms with Gasteiger partial charge in [0.2, 0.25) is 0 Å². The van der Waals surface area contributed by atoms with Gasteiger partial charge in [-0.3, -0.25) is 0 Å². The molecule has 1 aliphatic carbocycles. The number of aryl methyl sites for hydroxylation is 3. The summed E-state index contributed by atoms with van der Waals surface area (Å²) in [5.41, 5.74) is 16.3. The largest absolute Gasteiger partial charge is 0.399 e. The van der Waals surface area contributed by atoms with Gasteiger partial charge in [0.25, 0.3) is 0 Å². The average molecular weight is 408 g/mol. The second-order valence-corrected chi connectivity index (χ2v) is 9.91. The van der Waals surface area contributed by atoms with Crippen molar-refractivity contribution in [3.05, 3.63) is 82.4 Å². The third-order valence-electron chi connectivity index (χ3n) is 5.87. The smallest absolute Gasteiger partial charge is 0.0346 e. The maximum absolute atomic E-state index is 5.80. The Morgan fingerprint density at radius 3 is 2.41 bits per heavy atom. The summed E-state index contributed by atoms with van der Waals surface area (Å²) < 4.78 is 0. The van der Waals surface area contributed by atoms with Crippen molar-refractivity contribution in [2.24, 2.45) is 0 Å². The maximum Gasteiger partial charge on any atom is 0.0346 e. The molecule has 2 aromatic carbocycles. The lowest BCUT2D eigenvalue weighted by atomic mass is 9.72. The minimum absolute atomic E-state index is 0.336. The van der Waals surface area contributed by atoms with Gasteiger partial charge in [0.15, 0.2) is 0 Å². The van der Waals surface area contributed by atoms with Crippen LogP contribution < -0.4 is 5.73 Å². The Morgan fingerprint density at radius 1 is 1.10 bits per heavy atom. The quantitative estimate of drug-likeness (QED) is 0.416. The summed E-state index contributed by atoms with van der Waals surface area (Å²) in [6.45, 7) is 18.9. The first-order chi connectivity index (χ1) is 13.5. The van der Waals surface area contributed by atoms with Crippen LogP contribution in [-0.4, -0.2) is 6.26 Å². The molecule has 0 bridgehead atoms. The molecule has 3 rings (SSSR count). The van der Waals surface area contributed by atoms with Gasteiger partial charge in [-0.05, 0) is 104 Å². The average Bonchev–Trinajstić information content (AvgIpc) is 2.65. The third kappa shape index (κ3) is 6.02. The standard InChI is InChI=1S/C15H20S.C12H17N/c1-11(16-4)13-8-7-12-6-5-9-15(2,3)14(12)10-13;1-8(2)5-11-6-10(4)12(13)7-9(11)3/h7-8,10H,1,5-6,9H2,2-4H3;6-7H,1,5,13H2,2-4H3. The number of fused-ring (bicyclic) bond motifs is 1. The van der Waals surface area contributed by atoms with Crippen molar-refractivity contribution in [1.82, 2.24) is 0 Å². The van der Waals surface area contributed by atoms with E-state index in [0.29, 0.717) is 5.41 Å². The van der Waals surface area contributed by atoms with Crippen LogP contribution in [0.5, 0.6) is 0 Å². The third-order valence-corrected chi connectivity index (χ3v) is 6.60. The summed E-state index contributed by atoms with van der Waals surface area (Å²) in [6, 6.07) is 11.1. The van der Waals surface area contributed by atoms with Crippen LogP contribution in [0.2, 0.25) is 0 Å². The normalized spacial score (nSPS) is 14.4. The van der Waals surface area contributed by atoms with E-state index in [-0.39, 0.29) is 0 Å². The van der Waals surface area contributed by atoms with Crippen molar-refractivity contribution in [1.29, 1.82) is 0 Å². The van der Waals surface area contributed by atoms with Crippen molar-refractivity contribution in [3.8, 4) is 0 Å². The lowest BCUT2D eigenvalue weighted by Gasteiger charge is -2.33. The lowest BCUT2D eigenvalue weighted by Crippen LogP contribution is -2.23. The van der Waals surface area contributed by atoms with E-state index in [1.165, 1.54) is 57.6 Å². The highest BCUT2D eigenvalue weighted by Crippen LogP contribution is 2.38. The van der Waals surface area contributed by atoms with Crippen molar-refractivity contribution >= 4 is 22.4 Å². The van der Waals surface area contributed by atoms with Gasteiger partial charge < -0.3 is 5.73 Å². The second-order valence-electron chi connectivity index (χ2n) is 9.01. The van der Waals surface area contributed by atoms with Gasteiger partial charge in [-0.1, -0.05) is 50.8 Å². The van der Waals surface area contributed by atoms with E-state index in [0.717, 1.165) is 17.7 Å². The highest BCUT2D eigenvalue weighted by Gasteiger charge is 2.27. The summed E-state index contributed by atoms with van der Waals surface area (Å²) in [6.07, 6.45) is 6.91. The predicted molar refractivity (Wildman–Crippen MR) is 134 cm³/mol. The van der Waals surface area contributed by atoms with Gasteiger partial charge in [-0.2, -0.15) is 0 Å². The number of hydrogen-bond donors (Lipinski definition) is 1. The fourth-order valence-electron chi connectivity index (χ4n) is 3.99. The van der Waals surface area contributed by atoms with Gasteiger partial charge in [-0.25, -0.2) is 0 Å². The Labute approximate surface area is 182 Å². The zero-order valence-electron chi connectivity index (χ0n) is 19.1. The minimum atomic E-state index is 0.336. The molecule has 0 aliphatic heterocycles. The predicted octanol–water partition coefficient (Wildman–Crippen LogP) is 7.64. The molecule has 0 spiro atoms. The zero-order valence-corrected chi connectivity index (χ0v) is 19.9. The molecule has 0 radical (unpaired) electrons. The van der Waals surface area contributed by atoms with Crippen LogP contribution in [0, 0.1) is 13.8 Å². The van der Waals surface area contributed by atoms with Crippen LogP contribution in [0.3, 0.4) is 0 Å². The Bertz CT molecular complexity index is 905. The molecule has 156 valence electrons. The summed E-state index contributed by atoms with van der Waals surface area (Å²) in [5, 5.41) is 0. The van der Waals surface area contributed by atoms with Crippen molar-refractivity contribution in [3.63, 3.8) is 0 Å². The van der Waals surface area contributed by atoms with E-state index < -0.39 is 0 Å². The number of allylic oxidation sites excluding steroid dienone is 1. The summed E-state index contributed by atoms with van der Waals surface area (Å²) in [5.74, 6) is 0. The van der Waals surface area contributed by atoms with E-state index in [2.05, 4.69) is 64.5 Å². The van der Waals surface area contributed by atoms with Crippen molar-refractivity contribution in [2.75, 3.05) is 12.0 Å². The van der Waals surface area contributed by atoms with E-state index in [1.807, 2.05) is 19.9 Å². The Morgan fingerprint density at radius 2 is 1.79 bits per heavy atom. The van der Waals surface area contributed by atoms with Crippen LogP contribution in [0.15, 0.2) is 49.1 Å². The fourth-order valence-corrected chi connectivity index (χ4v) is 4.35. The molecule has 0 heterocycles. The number of hydrogen-bond acceptors (Lipinski definition) is 2. The summed E-state index contributed by atoms with van der Waals surface area (Å²) in [4.78, 5) is 1.17. The Hall–Kier alpha value is -1.93. The Kier molecular flexibility index (Phi) is 7.82. The van der Waals surface area contributed by atoms with Gasteiger partial charge in [0, 0.05) is 10.6 Å². The molecule has 0 atom stereocenters. The number of thioether (sulfide) groups is 1. The first kappa shape index (κ1) is 23.3. The van der Waals surface area contributed by atoms with Crippen LogP contribution in [0.4, 0.5) is 5.69 Å². The molecule has 0 fully saturated rings. The van der Waals surface area contributed by atoms with Gasteiger partial charge >= 0.3 is 0 Å². The summed E-state index contributed by atoms with van der Waals surface area (Å²) in [7, 11) is 0. The molecule has 1 nitrogen and oxygen atoms in total. The number of rotatable bonds is 4.